The predicted molar refractivity (Wildman–Crippen MR) is 82.1 cm³/mol. The lowest BCUT2D eigenvalue weighted by Gasteiger charge is -2.09. The van der Waals surface area contributed by atoms with E-state index in [0.29, 0.717) is 16.5 Å². The lowest BCUT2D eigenvalue weighted by molar-refractivity contribution is -0.117. The number of nitriles is 1. The molecular formula is C16H13ClN2O3. The molecule has 0 aliphatic carbocycles. The molecule has 0 radical (unpaired) electrons. The summed E-state index contributed by atoms with van der Waals surface area (Å²) >= 11 is 5.88. The topological polar surface area (TPSA) is 75.3 Å². The lowest BCUT2D eigenvalue weighted by Crippen LogP contribution is -2.24. The lowest BCUT2D eigenvalue weighted by atomic mass is 10.2. The van der Waals surface area contributed by atoms with E-state index in [1.807, 2.05) is 6.07 Å². The highest BCUT2D eigenvalue weighted by molar-refractivity contribution is 6.30. The molecule has 2 rings (SSSR count). The second-order valence-corrected chi connectivity index (χ2v) is 4.76. The third-order valence-electron chi connectivity index (χ3n) is 2.88. The van der Waals surface area contributed by atoms with Gasteiger partial charge >= 0.3 is 0 Å². The summed E-state index contributed by atoms with van der Waals surface area (Å²) in [5.41, 5.74) is 0.721. The summed E-state index contributed by atoms with van der Waals surface area (Å²) < 4.78 is 10.3. The van der Waals surface area contributed by atoms with Crippen LogP contribution in [-0.2, 0) is 11.3 Å². The molecule has 0 atom stereocenters. The minimum atomic E-state index is -0.490. The fraction of sp³-hybridized carbons (Fsp3) is 0.125. The number of hydrogen-bond acceptors (Lipinski definition) is 4. The Bertz CT molecular complexity index is 730. The third-order valence-corrected chi connectivity index (χ3v) is 3.12. The zero-order valence-electron chi connectivity index (χ0n) is 11.8. The summed E-state index contributed by atoms with van der Waals surface area (Å²) in [6, 6.07) is 10.3. The molecule has 1 N–H and O–H groups in total. The van der Waals surface area contributed by atoms with E-state index in [1.54, 1.807) is 30.3 Å². The highest BCUT2D eigenvalue weighted by Crippen LogP contribution is 2.23. The number of hydrogen-bond donors (Lipinski definition) is 1. The highest BCUT2D eigenvalue weighted by Gasteiger charge is 2.11. The molecule has 1 aromatic carbocycles. The number of ether oxygens (including phenoxy) is 1. The van der Waals surface area contributed by atoms with Gasteiger partial charge in [-0.25, -0.2) is 0 Å². The predicted octanol–water partition coefficient (Wildman–Crippen LogP) is 3.16. The molecule has 1 heterocycles. The Kier molecular flexibility index (Phi) is 5.23. The second kappa shape index (κ2) is 7.34. The molecule has 1 aromatic heterocycles. The third kappa shape index (κ3) is 3.90. The fourth-order valence-corrected chi connectivity index (χ4v) is 1.96. The number of amides is 1. The molecular weight excluding hydrogens is 304 g/mol. The van der Waals surface area contributed by atoms with E-state index in [9.17, 15) is 4.79 Å². The quantitative estimate of drug-likeness (QED) is 0.679. The Morgan fingerprint density at radius 1 is 1.50 bits per heavy atom. The van der Waals surface area contributed by atoms with Gasteiger partial charge in [-0.15, -0.1) is 0 Å². The second-order valence-electron chi connectivity index (χ2n) is 4.32. The number of nitrogens with zero attached hydrogens (tertiary/aromatic N) is 1. The first-order valence-electron chi connectivity index (χ1n) is 6.40. The Morgan fingerprint density at radius 3 is 2.95 bits per heavy atom. The van der Waals surface area contributed by atoms with Crippen LogP contribution in [0.4, 0.5) is 0 Å². The van der Waals surface area contributed by atoms with Gasteiger partial charge < -0.3 is 14.5 Å². The Labute approximate surface area is 132 Å². The van der Waals surface area contributed by atoms with Crippen molar-refractivity contribution >= 4 is 23.6 Å². The van der Waals surface area contributed by atoms with E-state index in [1.165, 1.54) is 19.4 Å². The van der Waals surface area contributed by atoms with Crippen LogP contribution in [0.2, 0.25) is 5.02 Å². The summed E-state index contributed by atoms with van der Waals surface area (Å²) in [5, 5.41) is 12.3. The number of furan rings is 1. The van der Waals surface area contributed by atoms with Crippen molar-refractivity contribution in [1.29, 1.82) is 5.26 Å². The van der Waals surface area contributed by atoms with E-state index < -0.39 is 5.91 Å². The highest BCUT2D eigenvalue weighted by atomic mass is 35.5. The average Bonchev–Trinajstić information content (AvgIpc) is 3.04. The number of halogens is 1. The van der Waals surface area contributed by atoms with Gasteiger partial charge in [-0.2, -0.15) is 5.26 Å². The number of methoxy groups -OCH3 is 1. The summed E-state index contributed by atoms with van der Waals surface area (Å²) in [4.78, 5) is 12.0. The maximum absolute atomic E-state index is 12.0. The van der Waals surface area contributed by atoms with Crippen LogP contribution in [0.1, 0.15) is 11.3 Å². The van der Waals surface area contributed by atoms with E-state index in [0.717, 1.165) is 5.56 Å². The van der Waals surface area contributed by atoms with Crippen LogP contribution >= 0.6 is 11.6 Å². The van der Waals surface area contributed by atoms with Crippen molar-refractivity contribution in [2.45, 2.75) is 6.54 Å². The summed E-state index contributed by atoms with van der Waals surface area (Å²) in [5.74, 6) is 0.521. The van der Waals surface area contributed by atoms with E-state index in [-0.39, 0.29) is 12.1 Å². The fourth-order valence-electron chi connectivity index (χ4n) is 1.80. The number of carbonyl (C=O) groups excluding carboxylic acids is 1. The standard InChI is InChI=1S/C16H13ClN2O3/c1-21-15-8-13(17)5-4-11(15)10-19-16(20)12(9-18)7-14-3-2-6-22-14/h2-8H,10H2,1H3,(H,19,20)/b12-7-. The molecule has 0 aliphatic rings. The first-order chi connectivity index (χ1) is 10.6. The van der Waals surface area contributed by atoms with Crippen LogP contribution < -0.4 is 10.1 Å². The van der Waals surface area contributed by atoms with Gasteiger partial charge in [-0.3, -0.25) is 4.79 Å². The zero-order chi connectivity index (χ0) is 15.9. The summed E-state index contributed by atoms with van der Waals surface area (Å²) in [6.45, 7) is 0.219. The minimum absolute atomic E-state index is 0.0390. The van der Waals surface area contributed by atoms with Gasteiger partial charge in [0.1, 0.15) is 23.2 Å². The van der Waals surface area contributed by atoms with Gasteiger partial charge in [0.15, 0.2) is 0 Å². The van der Waals surface area contributed by atoms with Crippen molar-refractivity contribution in [3.8, 4) is 11.8 Å². The first kappa shape index (κ1) is 15.7. The monoisotopic (exact) mass is 316 g/mol. The van der Waals surface area contributed by atoms with Crippen LogP contribution in [0.25, 0.3) is 6.08 Å². The Balaban J connectivity index is 2.08. The molecule has 0 bridgehead atoms. The molecule has 5 nitrogen and oxygen atoms in total. The summed E-state index contributed by atoms with van der Waals surface area (Å²) in [7, 11) is 1.52. The molecule has 0 spiro atoms. The van der Waals surface area contributed by atoms with Gasteiger partial charge in [-0.05, 0) is 24.3 Å². The minimum Gasteiger partial charge on any atom is -0.496 e. The molecule has 0 saturated heterocycles. The van der Waals surface area contributed by atoms with Crippen LogP contribution in [0.3, 0.4) is 0 Å². The van der Waals surface area contributed by atoms with Gasteiger partial charge in [-0.1, -0.05) is 17.7 Å². The molecule has 22 heavy (non-hydrogen) atoms. The van der Waals surface area contributed by atoms with Gasteiger partial charge in [0.25, 0.3) is 5.91 Å². The van der Waals surface area contributed by atoms with Crippen molar-refractivity contribution in [2.24, 2.45) is 0 Å². The van der Waals surface area contributed by atoms with Crippen LogP contribution in [0.15, 0.2) is 46.6 Å². The number of nitrogens with one attached hydrogen (secondary N) is 1. The number of carbonyl (C=O) groups is 1. The molecule has 0 unspecified atom stereocenters. The van der Waals surface area contributed by atoms with Crippen LogP contribution in [0, 0.1) is 11.3 Å². The van der Waals surface area contributed by atoms with E-state index in [2.05, 4.69) is 5.32 Å². The maximum atomic E-state index is 12.0. The molecule has 1 amide bonds. The van der Waals surface area contributed by atoms with Crippen molar-refractivity contribution in [3.05, 3.63) is 58.5 Å². The summed E-state index contributed by atoms with van der Waals surface area (Å²) in [6.07, 6.45) is 2.85. The molecule has 6 heteroatoms. The van der Waals surface area contributed by atoms with Crippen LogP contribution in [-0.4, -0.2) is 13.0 Å². The number of rotatable bonds is 5. The molecule has 0 saturated carbocycles. The van der Waals surface area contributed by atoms with Gasteiger partial charge in [0.2, 0.25) is 0 Å². The largest absolute Gasteiger partial charge is 0.496 e. The van der Waals surface area contributed by atoms with Crippen molar-refractivity contribution < 1.29 is 13.9 Å². The molecule has 0 aliphatic heterocycles. The van der Waals surface area contributed by atoms with Crippen molar-refractivity contribution in [2.75, 3.05) is 7.11 Å². The Hall–Kier alpha value is -2.71. The first-order valence-corrected chi connectivity index (χ1v) is 6.77. The zero-order valence-corrected chi connectivity index (χ0v) is 12.6. The average molecular weight is 317 g/mol. The van der Waals surface area contributed by atoms with Gasteiger partial charge in [0, 0.05) is 23.2 Å². The SMILES string of the molecule is COc1cc(Cl)ccc1CNC(=O)/C(C#N)=C\c1ccco1. The van der Waals surface area contributed by atoms with Crippen molar-refractivity contribution in [1.82, 2.24) is 5.32 Å². The smallest absolute Gasteiger partial charge is 0.262 e. The molecule has 112 valence electrons. The normalized spacial score (nSPS) is 10.9. The van der Waals surface area contributed by atoms with Gasteiger partial charge in [0.05, 0.1) is 13.4 Å². The molecule has 2 aromatic rings. The van der Waals surface area contributed by atoms with Crippen molar-refractivity contribution in [3.63, 3.8) is 0 Å². The Morgan fingerprint density at radius 2 is 2.32 bits per heavy atom. The van der Waals surface area contributed by atoms with E-state index in [4.69, 9.17) is 26.0 Å². The number of benzene rings is 1. The molecule has 0 fully saturated rings. The van der Waals surface area contributed by atoms with E-state index >= 15 is 0 Å². The van der Waals surface area contributed by atoms with Crippen LogP contribution in [0.5, 0.6) is 5.75 Å². The maximum Gasteiger partial charge on any atom is 0.262 e.